The molecule has 1 aliphatic rings. The van der Waals surface area contributed by atoms with E-state index in [1.54, 1.807) is 22.8 Å². The highest BCUT2D eigenvalue weighted by atomic mass is 79.9. The summed E-state index contributed by atoms with van der Waals surface area (Å²) < 4.78 is 2.52. The fraction of sp³-hybridized carbons (Fsp3) is 0.458. The highest BCUT2D eigenvalue weighted by molar-refractivity contribution is 9.10. The van der Waals surface area contributed by atoms with E-state index in [9.17, 15) is 9.90 Å². The van der Waals surface area contributed by atoms with Crippen LogP contribution in [0.15, 0.2) is 41.0 Å². The smallest absolute Gasteiger partial charge is 0.222 e. The number of hydrogen-bond acceptors (Lipinski definition) is 5. The van der Waals surface area contributed by atoms with Crippen LogP contribution in [0.2, 0.25) is 0 Å². The Hall–Kier alpha value is -2.61. The molecule has 4 rings (SSSR count). The van der Waals surface area contributed by atoms with Crippen molar-refractivity contribution in [2.45, 2.75) is 44.9 Å². The number of para-hydroxylation sites is 1. The van der Waals surface area contributed by atoms with E-state index in [4.69, 9.17) is 0 Å². The summed E-state index contributed by atoms with van der Waals surface area (Å²) in [7, 11) is 1.90. The first-order chi connectivity index (χ1) is 15.5. The predicted octanol–water partition coefficient (Wildman–Crippen LogP) is 5.10. The van der Waals surface area contributed by atoms with Crippen LogP contribution in [0.4, 0.5) is 5.82 Å². The standard InChI is InChI=1S/C24H30BrN5O2/c1-29(23(32)14-17-8-3-2-4-9-17)13-7-12-26-22-15-20(18-10-5-6-11-21(18)31)28-24-19(25)16-27-30(22)24/h5-6,10-11,15-17,26,31H,2-4,7-9,12-14H2,1H3. The Morgan fingerprint density at radius 1 is 1.28 bits per heavy atom. The van der Waals surface area contributed by atoms with Crippen molar-refractivity contribution in [3.05, 3.63) is 41.0 Å². The van der Waals surface area contributed by atoms with Gasteiger partial charge in [-0.15, -0.1) is 0 Å². The van der Waals surface area contributed by atoms with Crippen LogP contribution >= 0.6 is 15.9 Å². The number of halogens is 1. The SMILES string of the molecule is CN(CCCNc1cc(-c2ccccc2O)nc2c(Br)cnn12)C(=O)CC1CCCCC1. The fourth-order valence-electron chi connectivity index (χ4n) is 4.34. The molecule has 1 amide bonds. The molecule has 7 nitrogen and oxygen atoms in total. The molecule has 1 saturated carbocycles. The minimum Gasteiger partial charge on any atom is -0.507 e. The fourth-order valence-corrected chi connectivity index (χ4v) is 4.69. The van der Waals surface area contributed by atoms with Crippen LogP contribution in [0.5, 0.6) is 5.75 Å². The Labute approximate surface area is 197 Å². The van der Waals surface area contributed by atoms with E-state index in [2.05, 4.69) is 31.3 Å². The van der Waals surface area contributed by atoms with E-state index in [0.717, 1.165) is 16.7 Å². The van der Waals surface area contributed by atoms with Crippen molar-refractivity contribution in [1.29, 1.82) is 0 Å². The highest BCUT2D eigenvalue weighted by Gasteiger charge is 2.19. The molecule has 0 aliphatic heterocycles. The molecule has 8 heteroatoms. The number of carbonyl (C=O) groups excluding carboxylic acids is 1. The Morgan fingerprint density at radius 3 is 2.84 bits per heavy atom. The van der Waals surface area contributed by atoms with Crippen molar-refractivity contribution < 1.29 is 9.90 Å². The van der Waals surface area contributed by atoms with Gasteiger partial charge in [-0.05, 0) is 53.2 Å². The Bertz CT molecular complexity index is 1080. The molecule has 2 N–H and O–H groups in total. The topological polar surface area (TPSA) is 82.8 Å². The van der Waals surface area contributed by atoms with Crippen LogP contribution in [-0.4, -0.2) is 50.6 Å². The summed E-state index contributed by atoms with van der Waals surface area (Å²) in [6.45, 7) is 1.40. The Balaban J connectivity index is 1.38. The number of fused-ring (bicyclic) bond motifs is 1. The van der Waals surface area contributed by atoms with E-state index in [-0.39, 0.29) is 11.7 Å². The maximum Gasteiger partial charge on any atom is 0.222 e. The van der Waals surface area contributed by atoms with Crippen LogP contribution in [0.25, 0.3) is 16.9 Å². The summed E-state index contributed by atoms with van der Waals surface area (Å²) in [6, 6.07) is 9.05. The second-order valence-corrected chi connectivity index (χ2v) is 9.43. The summed E-state index contributed by atoms with van der Waals surface area (Å²) in [5, 5.41) is 18.1. The van der Waals surface area contributed by atoms with Gasteiger partial charge in [-0.2, -0.15) is 9.61 Å². The van der Waals surface area contributed by atoms with Crippen molar-refractivity contribution in [2.75, 3.05) is 25.5 Å². The largest absolute Gasteiger partial charge is 0.507 e. The summed E-state index contributed by atoms with van der Waals surface area (Å²) in [4.78, 5) is 19.1. The number of phenols is 1. The average molecular weight is 500 g/mol. The molecule has 0 bridgehead atoms. The van der Waals surface area contributed by atoms with Gasteiger partial charge in [0.05, 0.1) is 16.4 Å². The zero-order valence-corrected chi connectivity index (χ0v) is 20.0. The predicted molar refractivity (Wildman–Crippen MR) is 130 cm³/mol. The van der Waals surface area contributed by atoms with E-state index >= 15 is 0 Å². The third-order valence-corrected chi connectivity index (χ3v) is 6.76. The zero-order valence-electron chi connectivity index (χ0n) is 18.4. The molecule has 0 saturated heterocycles. The first-order valence-corrected chi connectivity index (χ1v) is 12.1. The van der Waals surface area contributed by atoms with Crippen molar-refractivity contribution in [2.24, 2.45) is 5.92 Å². The van der Waals surface area contributed by atoms with Crippen LogP contribution in [-0.2, 0) is 4.79 Å². The van der Waals surface area contributed by atoms with Gasteiger partial charge in [0.15, 0.2) is 5.65 Å². The zero-order chi connectivity index (χ0) is 22.5. The van der Waals surface area contributed by atoms with Gasteiger partial charge < -0.3 is 15.3 Å². The van der Waals surface area contributed by atoms with Gasteiger partial charge in [-0.3, -0.25) is 4.79 Å². The number of amides is 1. The number of aromatic nitrogens is 3. The summed E-state index contributed by atoms with van der Waals surface area (Å²) >= 11 is 3.50. The number of aromatic hydroxyl groups is 1. The lowest BCUT2D eigenvalue weighted by molar-refractivity contribution is -0.131. The lowest BCUT2D eigenvalue weighted by atomic mass is 9.87. The van der Waals surface area contributed by atoms with E-state index in [0.29, 0.717) is 42.3 Å². The lowest BCUT2D eigenvalue weighted by Crippen LogP contribution is -2.30. The molecule has 1 aliphatic carbocycles. The number of phenolic OH excluding ortho intramolecular Hbond substituents is 1. The van der Waals surface area contributed by atoms with Crippen LogP contribution in [0.1, 0.15) is 44.9 Å². The molecule has 0 unspecified atom stereocenters. The maximum atomic E-state index is 12.5. The molecule has 0 atom stereocenters. The summed E-state index contributed by atoms with van der Waals surface area (Å²) in [5.41, 5.74) is 2.01. The van der Waals surface area contributed by atoms with Crippen molar-refractivity contribution >= 4 is 33.3 Å². The summed E-state index contributed by atoms with van der Waals surface area (Å²) in [5.74, 6) is 1.79. The van der Waals surface area contributed by atoms with Gasteiger partial charge in [0.25, 0.3) is 0 Å². The molecule has 2 aromatic heterocycles. The number of carbonyl (C=O) groups is 1. The lowest BCUT2D eigenvalue weighted by Gasteiger charge is -2.24. The molecule has 1 aromatic carbocycles. The van der Waals surface area contributed by atoms with Crippen LogP contribution < -0.4 is 5.32 Å². The number of benzene rings is 1. The molecule has 170 valence electrons. The molecule has 1 fully saturated rings. The minimum atomic E-state index is 0.184. The van der Waals surface area contributed by atoms with E-state index in [1.807, 2.05) is 30.1 Å². The molecule has 2 heterocycles. The van der Waals surface area contributed by atoms with Crippen LogP contribution in [0, 0.1) is 5.92 Å². The number of anilines is 1. The van der Waals surface area contributed by atoms with Gasteiger partial charge in [0, 0.05) is 38.2 Å². The van der Waals surface area contributed by atoms with Crippen molar-refractivity contribution in [3.8, 4) is 17.0 Å². The number of nitrogens with one attached hydrogen (secondary N) is 1. The Morgan fingerprint density at radius 2 is 2.06 bits per heavy atom. The molecular formula is C24H30BrN5O2. The number of rotatable bonds is 8. The average Bonchev–Trinajstić information content (AvgIpc) is 3.18. The molecular weight excluding hydrogens is 470 g/mol. The second kappa shape index (κ2) is 10.3. The molecule has 0 spiro atoms. The van der Waals surface area contributed by atoms with Gasteiger partial charge in [-0.25, -0.2) is 4.98 Å². The van der Waals surface area contributed by atoms with Crippen molar-refractivity contribution in [3.63, 3.8) is 0 Å². The monoisotopic (exact) mass is 499 g/mol. The number of hydrogen-bond donors (Lipinski definition) is 2. The normalized spacial score (nSPS) is 14.6. The van der Waals surface area contributed by atoms with Gasteiger partial charge in [0.1, 0.15) is 11.6 Å². The van der Waals surface area contributed by atoms with E-state index < -0.39 is 0 Å². The third-order valence-electron chi connectivity index (χ3n) is 6.20. The van der Waals surface area contributed by atoms with Crippen molar-refractivity contribution in [1.82, 2.24) is 19.5 Å². The second-order valence-electron chi connectivity index (χ2n) is 8.58. The van der Waals surface area contributed by atoms with Gasteiger partial charge in [0.2, 0.25) is 5.91 Å². The third kappa shape index (κ3) is 5.23. The highest BCUT2D eigenvalue weighted by Crippen LogP contribution is 2.31. The van der Waals surface area contributed by atoms with E-state index in [1.165, 1.54) is 32.1 Å². The molecule has 3 aromatic rings. The quantitative estimate of drug-likeness (QED) is 0.421. The van der Waals surface area contributed by atoms with Gasteiger partial charge >= 0.3 is 0 Å². The molecule has 0 radical (unpaired) electrons. The summed E-state index contributed by atoms with van der Waals surface area (Å²) in [6.07, 6.45) is 9.43. The first kappa shape index (κ1) is 22.6. The number of nitrogens with zero attached hydrogens (tertiary/aromatic N) is 4. The Kier molecular flexibility index (Phi) is 7.29. The van der Waals surface area contributed by atoms with Crippen LogP contribution in [0.3, 0.4) is 0 Å². The van der Waals surface area contributed by atoms with Gasteiger partial charge in [-0.1, -0.05) is 31.4 Å². The minimum absolute atomic E-state index is 0.184. The first-order valence-electron chi connectivity index (χ1n) is 11.3. The molecule has 32 heavy (non-hydrogen) atoms. The maximum absolute atomic E-state index is 12.5.